The van der Waals surface area contributed by atoms with Gasteiger partial charge in [-0.1, -0.05) is 42.5 Å². The second kappa shape index (κ2) is 10.5. The fourth-order valence-electron chi connectivity index (χ4n) is 3.67. The van der Waals surface area contributed by atoms with E-state index in [1.807, 2.05) is 60.0 Å². The van der Waals surface area contributed by atoms with Gasteiger partial charge in [-0.25, -0.2) is 4.98 Å². The van der Waals surface area contributed by atoms with E-state index in [2.05, 4.69) is 34.3 Å². The van der Waals surface area contributed by atoms with Crippen LogP contribution in [-0.4, -0.2) is 54.5 Å². The number of hydrogen-bond donors (Lipinski definition) is 1. The Labute approximate surface area is 187 Å². The molecule has 0 amide bonds. The highest BCUT2D eigenvalue weighted by Crippen LogP contribution is 2.24. The summed E-state index contributed by atoms with van der Waals surface area (Å²) in [6.07, 6.45) is 2.33. The number of rotatable bonds is 8. The van der Waals surface area contributed by atoms with E-state index in [1.165, 1.54) is 11.3 Å². The Hall–Kier alpha value is -2.74. The maximum atomic E-state index is 5.96. The van der Waals surface area contributed by atoms with E-state index in [4.69, 9.17) is 9.47 Å². The molecule has 162 valence electrons. The maximum Gasteiger partial charge on any atom is 0.203 e. The van der Waals surface area contributed by atoms with Crippen LogP contribution in [0.5, 0.6) is 5.75 Å². The Morgan fingerprint density at radius 2 is 1.97 bits per heavy atom. The Morgan fingerprint density at radius 1 is 1.16 bits per heavy atom. The first-order valence-electron chi connectivity index (χ1n) is 10.6. The molecule has 1 aliphatic rings. The van der Waals surface area contributed by atoms with E-state index in [0.29, 0.717) is 6.61 Å². The summed E-state index contributed by atoms with van der Waals surface area (Å²) in [6.45, 7) is 7.69. The average molecular weight is 437 g/mol. The van der Waals surface area contributed by atoms with Gasteiger partial charge in [-0.3, -0.25) is 10.3 Å². The molecule has 6 nitrogen and oxygen atoms in total. The summed E-state index contributed by atoms with van der Waals surface area (Å²) in [5.41, 5.74) is 6.03. The lowest BCUT2D eigenvalue weighted by Crippen LogP contribution is -2.46. The number of benzene rings is 2. The van der Waals surface area contributed by atoms with E-state index in [1.54, 1.807) is 6.21 Å². The normalized spacial score (nSPS) is 19.5. The molecular formula is C24H28N4O2S. The Bertz CT molecular complexity index is 982. The minimum Gasteiger partial charge on any atom is -0.492 e. The van der Waals surface area contributed by atoms with Gasteiger partial charge in [0.05, 0.1) is 24.1 Å². The number of aromatic nitrogens is 1. The fraction of sp³-hybridized carbons (Fsp3) is 0.333. The molecule has 7 heteroatoms. The van der Waals surface area contributed by atoms with Crippen LogP contribution in [0.4, 0.5) is 5.13 Å². The molecule has 2 unspecified atom stereocenters. The summed E-state index contributed by atoms with van der Waals surface area (Å²) in [4.78, 5) is 6.97. The van der Waals surface area contributed by atoms with E-state index >= 15 is 0 Å². The number of nitrogens with one attached hydrogen (secondary N) is 1. The van der Waals surface area contributed by atoms with Gasteiger partial charge in [-0.2, -0.15) is 5.10 Å². The van der Waals surface area contributed by atoms with Crippen molar-refractivity contribution < 1.29 is 9.47 Å². The average Bonchev–Trinajstić information content (AvgIpc) is 3.23. The van der Waals surface area contributed by atoms with E-state index in [-0.39, 0.29) is 12.2 Å². The number of thiazole rings is 1. The van der Waals surface area contributed by atoms with Crippen LogP contribution in [0.1, 0.15) is 19.4 Å². The molecule has 0 aliphatic carbocycles. The fourth-order valence-corrected chi connectivity index (χ4v) is 4.34. The minimum atomic E-state index is 0.275. The highest BCUT2D eigenvalue weighted by molar-refractivity contribution is 7.14. The standard InChI is InChI=1S/C24H28N4O2S/c1-18-15-28(16-19(2)30-18)11-12-29-22-10-6-7-20(13-22)14-25-27-24-26-23(17-31-24)21-8-4-3-5-9-21/h3-10,13-14,17-19H,11-12,15-16H2,1-2H3,(H,26,27). The summed E-state index contributed by atoms with van der Waals surface area (Å²) in [5.74, 6) is 0.846. The first kappa shape index (κ1) is 21.5. The molecule has 1 fully saturated rings. The molecule has 31 heavy (non-hydrogen) atoms. The first-order valence-corrected chi connectivity index (χ1v) is 11.4. The van der Waals surface area contributed by atoms with Crippen molar-refractivity contribution in [3.8, 4) is 17.0 Å². The lowest BCUT2D eigenvalue weighted by molar-refractivity contribution is -0.0699. The molecule has 4 rings (SSSR count). The van der Waals surface area contributed by atoms with Crippen LogP contribution >= 0.6 is 11.3 Å². The van der Waals surface area contributed by atoms with Gasteiger partial charge in [0.1, 0.15) is 12.4 Å². The molecule has 1 aromatic heterocycles. The molecular weight excluding hydrogens is 408 g/mol. The third-order valence-corrected chi connectivity index (χ3v) is 5.72. The van der Waals surface area contributed by atoms with Crippen LogP contribution in [0.3, 0.4) is 0 Å². The molecule has 3 aromatic rings. The summed E-state index contributed by atoms with van der Waals surface area (Å²) in [5, 5.41) is 7.11. The number of nitrogens with zero attached hydrogens (tertiary/aromatic N) is 3. The second-order valence-electron chi connectivity index (χ2n) is 7.71. The summed E-state index contributed by atoms with van der Waals surface area (Å²) in [6, 6.07) is 18.1. The molecule has 1 N–H and O–H groups in total. The summed E-state index contributed by atoms with van der Waals surface area (Å²) >= 11 is 1.53. The van der Waals surface area contributed by atoms with E-state index in [9.17, 15) is 0 Å². The van der Waals surface area contributed by atoms with E-state index in [0.717, 1.165) is 47.3 Å². The van der Waals surface area contributed by atoms with Crippen molar-refractivity contribution in [2.24, 2.45) is 5.10 Å². The lowest BCUT2D eigenvalue weighted by Gasteiger charge is -2.35. The lowest BCUT2D eigenvalue weighted by atomic mass is 10.2. The molecule has 1 aliphatic heterocycles. The second-order valence-corrected chi connectivity index (χ2v) is 8.57. The van der Waals surface area contributed by atoms with Crippen LogP contribution in [0.15, 0.2) is 65.1 Å². The van der Waals surface area contributed by atoms with Crippen molar-refractivity contribution >= 4 is 22.7 Å². The van der Waals surface area contributed by atoms with Gasteiger partial charge in [-0.05, 0) is 31.5 Å². The maximum absolute atomic E-state index is 5.96. The predicted molar refractivity (Wildman–Crippen MR) is 127 cm³/mol. The van der Waals surface area contributed by atoms with Crippen molar-refractivity contribution in [2.45, 2.75) is 26.1 Å². The number of anilines is 1. The number of hydrazone groups is 1. The third-order valence-electron chi connectivity index (χ3n) is 4.98. The Morgan fingerprint density at radius 3 is 2.77 bits per heavy atom. The quantitative estimate of drug-likeness (QED) is 0.408. The third kappa shape index (κ3) is 6.37. The molecule has 2 atom stereocenters. The highest BCUT2D eigenvalue weighted by Gasteiger charge is 2.21. The highest BCUT2D eigenvalue weighted by atomic mass is 32.1. The molecule has 2 heterocycles. The number of morpholine rings is 1. The van der Waals surface area contributed by atoms with Crippen LogP contribution in [0.2, 0.25) is 0 Å². The minimum absolute atomic E-state index is 0.275. The Balaban J connectivity index is 1.26. The SMILES string of the molecule is CC1CN(CCOc2cccc(C=NNc3nc(-c4ccccc4)cs3)c2)CC(C)O1. The molecule has 0 saturated carbocycles. The van der Waals surface area contributed by atoms with E-state index < -0.39 is 0 Å². The van der Waals surface area contributed by atoms with Crippen LogP contribution in [0, 0.1) is 0 Å². The molecule has 0 bridgehead atoms. The Kier molecular flexibility index (Phi) is 7.30. The van der Waals surface area contributed by atoms with Gasteiger partial charge in [-0.15, -0.1) is 11.3 Å². The van der Waals surface area contributed by atoms with Crippen LogP contribution in [0.25, 0.3) is 11.3 Å². The predicted octanol–water partition coefficient (Wildman–Crippen LogP) is 4.74. The monoisotopic (exact) mass is 436 g/mol. The van der Waals surface area contributed by atoms with Crippen molar-refractivity contribution in [3.63, 3.8) is 0 Å². The number of hydrogen-bond acceptors (Lipinski definition) is 7. The van der Waals surface area contributed by atoms with Crippen molar-refractivity contribution in [3.05, 3.63) is 65.5 Å². The first-order chi connectivity index (χ1) is 15.2. The van der Waals surface area contributed by atoms with Gasteiger partial charge in [0.15, 0.2) is 0 Å². The summed E-state index contributed by atoms with van der Waals surface area (Å²) < 4.78 is 11.7. The zero-order valence-electron chi connectivity index (χ0n) is 17.9. The number of ether oxygens (including phenoxy) is 2. The molecule has 2 aromatic carbocycles. The topological polar surface area (TPSA) is 59.0 Å². The largest absolute Gasteiger partial charge is 0.492 e. The van der Waals surface area contributed by atoms with Gasteiger partial charge < -0.3 is 9.47 Å². The smallest absolute Gasteiger partial charge is 0.203 e. The van der Waals surface area contributed by atoms with Crippen molar-refractivity contribution in [2.75, 3.05) is 31.7 Å². The summed E-state index contributed by atoms with van der Waals surface area (Å²) in [7, 11) is 0. The van der Waals surface area contributed by atoms with Crippen LogP contribution < -0.4 is 10.2 Å². The zero-order chi connectivity index (χ0) is 21.5. The van der Waals surface area contributed by atoms with Crippen LogP contribution in [-0.2, 0) is 4.74 Å². The van der Waals surface area contributed by atoms with Gasteiger partial charge in [0, 0.05) is 30.6 Å². The van der Waals surface area contributed by atoms with Crippen molar-refractivity contribution in [1.82, 2.24) is 9.88 Å². The molecule has 0 spiro atoms. The molecule has 0 radical (unpaired) electrons. The van der Waals surface area contributed by atoms with Crippen molar-refractivity contribution in [1.29, 1.82) is 0 Å². The van der Waals surface area contributed by atoms with Gasteiger partial charge >= 0.3 is 0 Å². The molecule has 1 saturated heterocycles. The van der Waals surface area contributed by atoms with Gasteiger partial charge in [0.25, 0.3) is 0 Å². The zero-order valence-corrected chi connectivity index (χ0v) is 18.7. The van der Waals surface area contributed by atoms with Gasteiger partial charge in [0.2, 0.25) is 5.13 Å².